The number of carbonyl (C=O) groups excluding carboxylic acids is 2. The number of nitrogens with one attached hydrogen (secondary N) is 1. The summed E-state index contributed by atoms with van der Waals surface area (Å²) in [6.07, 6.45) is -1.03. The van der Waals surface area contributed by atoms with Crippen LogP contribution < -0.4 is 5.32 Å². The van der Waals surface area contributed by atoms with Gasteiger partial charge in [0.15, 0.2) is 6.10 Å². The third kappa shape index (κ3) is 4.18. The average Bonchev–Trinajstić information content (AvgIpc) is 3.44. The first kappa shape index (κ1) is 21.1. The first-order chi connectivity index (χ1) is 14.9. The number of nitriles is 1. The topological polar surface area (TPSA) is 97.0 Å². The van der Waals surface area contributed by atoms with E-state index < -0.39 is 18.0 Å². The number of fused-ring (bicyclic) bond motifs is 1. The Kier molecular flexibility index (Phi) is 5.78. The van der Waals surface area contributed by atoms with E-state index in [1.807, 2.05) is 25.1 Å². The van der Waals surface area contributed by atoms with Crippen molar-refractivity contribution in [2.45, 2.75) is 20.0 Å². The van der Waals surface area contributed by atoms with Gasteiger partial charge in [-0.1, -0.05) is 17.7 Å². The molecule has 0 aliphatic rings. The second kappa shape index (κ2) is 8.51. The van der Waals surface area contributed by atoms with Crippen molar-refractivity contribution >= 4 is 61.4 Å². The van der Waals surface area contributed by atoms with E-state index in [9.17, 15) is 9.59 Å². The van der Waals surface area contributed by atoms with Gasteiger partial charge in [-0.25, -0.2) is 9.48 Å². The molecule has 0 saturated heterocycles. The Bertz CT molecular complexity index is 1350. The van der Waals surface area contributed by atoms with Crippen LogP contribution in [0.2, 0.25) is 5.02 Å². The Morgan fingerprint density at radius 2 is 2.13 bits per heavy atom. The van der Waals surface area contributed by atoms with Crippen molar-refractivity contribution in [2.75, 3.05) is 5.32 Å². The Labute approximate surface area is 190 Å². The average molecular weight is 471 g/mol. The predicted octanol–water partition coefficient (Wildman–Crippen LogP) is 5.17. The molecule has 1 aromatic carbocycles. The molecule has 1 unspecified atom stereocenters. The van der Waals surface area contributed by atoms with Gasteiger partial charge >= 0.3 is 5.97 Å². The van der Waals surface area contributed by atoms with Gasteiger partial charge in [0.2, 0.25) is 0 Å². The number of hydrogen-bond donors (Lipinski definition) is 1. The van der Waals surface area contributed by atoms with Crippen molar-refractivity contribution < 1.29 is 14.3 Å². The molecular weight excluding hydrogens is 456 g/mol. The highest BCUT2D eigenvalue weighted by molar-refractivity contribution is 7.20. The monoisotopic (exact) mass is 470 g/mol. The fourth-order valence-corrected chi connectivity index (χ4v) is 4.90. The normalized spacial score (nSPS) is 11.8. The SMILES string of the molecule is Cc1nn(-c2cccc(Cl)c2)c2sc(C(=O)OC(C)C(=O)Nc3sccc3C#N)cc12. The van der Waals surface area contributed by atoms with Crippen LogP contribution in [0.15, 0.2) is 41.8 Å². The van der Waals surface area contributed by atoms with Crippen molar-refractivity contribution in [1.82, 2.24) is 9.78 Å². The Hall–Kier alpha value is -3.19. The van der Waals surface area contributed by atoms with Gasteiger partial charge in [0.05, 0.1) is 16.9 Å². The minimum Gasteiger partial charge on any atom is -0.448 e. The molecule has 156 valence electrons. The first-order valence-electron chi connectivity index (χ1n) is 9.12. The Morgan fingerprint density at radius 1 is 1.32 bits per heavy atom. The Balaban J connectivity index is 1.53. The van der Waals surface area contributed by atoms with Crippen LogP contribution in [0.5, 0.6) is 0 Å². The van der Waals surface area contributed by atoms with E-state index in [0.717, 1.165) is 21.6 Å². The molecule has 0 spiro atoms. The van der Waals surface area contributed by atoms with Gasteiger partial charge in [-0.2, -0.15) is 10.4 Å². The number of esters is 1. The molecule has 3 heterocycles. The highest BCUT2D eigenvalue weighted by Crippen LogP contribution is 2.31. The lowest BCUT2D eigenvalue weighted by Crippen LogP contribution is -2.29. The number of aromatic nitrogens is 2. The largest absolute Gasteiger partial charge is 0.448 e. The van der Waals surface area contributed by atoms with Gasteiger partial charge in [0, 0.05) is 10.4 Å². The summed E-state index contributed by atoms with van der Waals surface area (Å²) in [4.78, 5) is 26.2. The van der Waals surface area contributed by atoms with Crippen LogP contribution in [0.3, 0.4) is 0 Å². The van der Waals surface area contributed by atoms with Crippen molar-refractivity contribution in [3.05, 3.63) is 62.9 Å². The van der Waals surface area contributed by atoms with Crippen molar-refractivity contribution in [3.63, 3.8) is 0 Å². The van der Waals surface area contributed by atoms with Crippen LogP contribution in [0.25, 0.3) is 15.9 Å². The van der Waals surface area contributed by atoms with Gasteiger partial charge in [-0.05, 0) is 49.6 Å². The van der Waals surface area contributed by atoms with E-state index in [1.54, 1.807) is 34.3 Å². The lowest BCUT2D eigenvalue weighted by molar-refractivity contribution is -0.123. The predicted molar refractivity (Wildman–Crippen MR) is 121 cm³/mol. The smallest absolute Gasteiger partial charge is 0.349 e. The number of thiophene rings is 2. The number of hydrogen-bond acceptors (Lipinski definition) is 7. The molecule has 7 nitrogen and oxygen atoms in total. The second-order valence-electron chi connectivity index (χ2n) is 6.62. The van der Waals surface area contributed by atoms with E-state index in [2.05, 4.69) is 10.4 Å². The molecule has 0 radical (unpaired) electrons. The molecule has 0 bridgehead atoms. The molecule has 0 saturated carbocycles. The summed E-state index contributed by atoms with van der Waals surface area (Å²) in [6.45, 7) is 3.34. The minimum absolute atomic E-state index is 0.361. The van der Waals surface area contributed by atoms with E-state index >= 15 is 0 Å². The van der Waals surface area contributed by atoms with Crippen LogP contribution in [-0.4, -0.2) is 27.8 Å². The fourth-order valence-electron chi connectivity index (χ4n) is 2.91. The number of anilines is 1. The minimum atomic E-state index is -1.03. The van der Waals surface area contributed by atoms with Crippen molar-refractivity contribution in [3.8, 4) is 11.8 Å². The van der Waals surface area contributed by atoms with Crippen LogP contribution >= 0.6 is 34.3 Å². The van der Waals surface area contributed by atoms with Gasteiger partial charge < -0.3 is 10.1 Å². The molecule has 3 aromatic heterocycles. The maximum absolute atomic E-state index is 12.7. The maximum atomic E-state index is 12.7. The van der Waals surface area contributed by atoms with E-state index in [1.165, 1.54) is 29.6 Å². The standard InChI is InChI=1S/C21H15ClN4O3S2/c1-11-16-9-17(31-20(16)26(25-11)15-5-3-4-14(22)8-15)21(28)29-12(2)18(27)24-19-13(10-23)6-7-30-19/h3-9,12H,1-2H3,(H,24,27). The summed E-state index contributed by atoms with van der Waals surface area (Å²) < 4.78 is 7.08. The van der Waals surface area contributed by atoms with Crippen LogP contribution in [-0.2, 0) is 9.53 Å². The fraction of sp³-hybridized carbons (Fsp3) is 0.143. The van der Waals surface area contributed by atoms with Crippen LogP contribution in [0.1, 0.15) is 27.9 Å². The first-order valence-corrected chi connectivity index (χ1v) is 11.2. The van der Waals surface area contributed by atoms with Crippen LogP contribution in [0.4, 0.5) is 5.00 Å². The summed E-state index contributed by atoms with van der Waals surface area (Å²) in [5.74, 6) is -1.11. The third-order valence-electron chi connectivity index (χ3n) is 4.47. The Morgan fingerprint density at radius 3 is 2.87 bits per heavy atom. The summed E-state index contributed by atoms with van der Waals surface area (Å²) in [5.41, 5.74) is 1.91. The van der Waals surface area contributed by atoms with E-state index in [4.69, 9.17) is 21.6 Å². The number of benzene rings is 1. The van der Waals surface area contributed by atoms with Gasteiger partial charge in [0.25, 0.3) is 5.91 Å². The van der Waals surface area contributed by atoms with Gasteiger partial charge in [-0.3, -0.25) is 4.79 Å². The summed E-state index contributed by atoms with van der Waals surface area (Å²) >= 11 is 8.56. The zero-order chi connectivity index (χ0) is 22.1. The summed E-state index contributed by atoms with van der Waals surface area (Å²) in [5, 5.41) is 19.7. The van der Waals surface area contributed by atoms with Gasteiger partial charge in [0.1, 0.15) is 20.8 Å². The second-order valence-corrected chi connectivity index (χ2v) is 9.00. The number of aryl methyl sites for hydroxylation is 1. The highest BCUT2D eigenvalue weighted by Gasteiger charge is 2.23. The highest BCUT2D eigenvalue weighted by atomic mass is 35.5. The van der Waals surface area contributed by atoms with Crippen molar-refractivity contribution in [1.29, 1.82) is 5.26 Å². The number of ether oxygens (including phenoxy) is 1. The molecule has 1 amide bonds. The molecule has 31 heavy (non-hydrogen) atoms. The summed E-state index contributed by atoms with van der Waals surface area (Å²) in [7, 11) is 0. The molecular formula is C21H15ClN4O3S2. The molecule has 10 heteroatoms. The zero-order valence-corrected chi connectivity index (χ0v) is 18.8. The third-order valence-corrected chi connectivity index (χ3v) is 6.63. The van der Waals surface area contributed by atoms with Crippen molar-refractivity contribution in [2.24, 2.45) is 0 Å². The molecule has 0 fully saturated rings. The number of amides is 1. The zero-order valence-electron chi connectivity index (χ0n) is 16.4. The van der Waals surface area contributed by atoms with Crippen LogP contribution in [0, 0.1) is 18.3 Å². The van der Waals surface area contributed by atoms with Gasteiger partial charge in [-0.15, -0.1) is 22.7 Å². The lowest BCUT2D eigenvalue weighted by atomic mass is 10.3. The number of nitrogens with zero attached hydrogens (tertiary/aromatic N) is 3. The molecule has 1 N–H and O–H groups in total. The molecule has 4 aromatic rings. The number of carbonyl (C=O) groups is 2. The lowest BCUT2D eigenvalue weighted by Gasteiger charge is -2.12. The number of rotatable bonds is 5. The van der Waals surface area contributed by atoms with E-state index in [-0.39, 0.29) is 0 Å². The number of halogens is 1. The molecule has 4 rings (SSSR count). The molecule has 0 aliphatic heterocycles. The quantitative estimate of drug-likeness (QED) is 0.406. The van der Waals surface area contributed by atoms with E-state index in [0.29, 0.717) is 20.5 Å². The molecule has 1 atom stereocenters. The maximum Gasteiger partial charge on any atom is 0.349 e. The summed E-state index contributed by atoms with van der Waals surface area (Å²) in [6, 6.07) is 12.6. The molecule has 0 aliphatic carbocycles.